The van der Waals surface area contributed by atoms with Crippen molar-refractivity contribution < 1.29 is 9.59 Å². The predicted molar refractivity (Wildman–Crippen MR) is 170 cm³/mol. The summed E-state index contributed by atoms with van der Waals surface area (Å²) in [5.74, 6) is -0.604. The van der Waals surface area contributed by atoms with Crippen molar-refractivity contribution in [1.82, 2.24) is 4.90 Å². The number of hydrogen-bond acceptors (Lipinski definition) is 2. The molecule has 0 saturated carbocycles. The molecule has 0 aliphatic rings. The van der Waals surface area contributed by atoms with Crippen LogP contribution in [0.15, 0.2) is 61.2 Å². The highest BCUT2D eigenvalue weighted by atomic mass is 16.2. The monoisotopic (exact) mass is 546 g/mol. The lowest BCUT2D eigenvalue weighted by molar-refractivity contribution is -0.122. The predicted octanol–water partition coefficient (Wildman–Crippen LogP) is 9.13. The highest BCUT2D eigenvalue weighted by Crippen LogP contribution is 2.18. The fourth-order valence-electron chi connectivity index (χ4n) is 5.36. The molecule has 0 saturated heterocycles. The lowest BCUT2D eigenvalue weighted by atomic mass is 10.0. The molecular weight excluding hydrogens is 492 g/mol. The number of carbonyl (C=O) groups is 2. The molecule has 4 nitrogen and oxygen atoms in total. The lowest BCUT2D eigenvalue weighted by Gasteiger charge is -2.30. The van der Waals surface area contributed by atoms with E-state index < -0.39 is 11.9 Å². The lowest BCUT2D eigenvalue weighted by Crippen LogP contribution is -2.49. The standard InChI is InChI=1S/C36H54N2O2/c1-3-5-6-7-8-9-10-11-12-13-14-15-16-17-18-22-29-38(36(40)33-27-25-31(4-2)26-28-33)34(35(37)39)30-32-23-20-19-21-24-32/h4,19-21,23-28,34H,2-3,5-18,22,29-30H2,1H3,(H2,37,39)/t34-/m0/s1. The van der Waals surface area contributed by atoms with E-state index >= 15 is 0 Å². The van der Waals surface area contributed by atoms with Crippen LogP contribution in [-0.2, 0) is 11.2 Å². The van der Waals surface area contributed by atoms with Gasteiger partial charge in [0.15, 0.2) is 0 Å². The summed E-state index contributed by atoms with van der Waals surface area (Å²) >= 11 is 0. The highest BCUT2D eigenvalue weighted by Gasteiger charge is 2.29. The number of carbonyl (C=O) groups excluding carboxylic acids is 2. The third-order valence-corrected chi connectivity index (χ3v) is 7.88. The minimum absolute atomic E-state index is 0.142. The number of rotatable bonds is 23. The zero-order valence-electron chi connectivity index (χ0n) is 25.1. The average Bonchev–Trinajstić information content (AvgIpc) is 2.98. The summed E-state index contributed by atoms with van der Waals surface area (Å²) in [5, 5.41) is 0. The van der Waals surface area contributed by atoms with E-state index in [1.807, 2.05) is 42.5 Å². The Morgan fingerprint density at radius 1 is 0.725 bits per heavy atom. The highest BCUT2D eigenvalue weighted by molar-refractivity contribution is 5.97. The van der Waals surface area contributed by atoms with E-state index in [1.54, 1.807) is 23.1 Å². The number of hydrogen-bond donors (Lipinski definition) is 1. The van der Waals surface area contributed by atoms with Gasteiger partial charge >= 0.3 is 0 Å². The maximum atomic E-state index is 13.6. The van der Waals surface area contributed by atoms with Crippen molar-refractivity contribution in [3.8, 4) is 0 Å². The number of unbranched alkanes of at least 4 members (excludes halogenated alkanes) is 15. The summed E-state index contributed by atoms with van der Waals surface area (Å²) in [7, 11) is 0. The maximum absolute atomic E-state index is 13.6. The van der Waals surface area contributed by atoms with E-state index in [-0.39, 0.29) is 5.91 Å². The van der Waals surface area contributed by atoms with E-state index in [1.165, 1.54) is 83.5 Å². The second-order valence-corrected chi connectivity index (χ2v) is 11.2. The molecule has 2 N–H and O–H groups in total. The molecule has 0 aliphatic heterocycles. The van der Waals surface area contributed by atoms with Gasteiger partial charge in [-0.1, -0.05) is 158 Å². The van der Waals surface area contributed by atoms with Gasteiger partial charge in [-0.05, 0) is 29.7 Å². The Kier molecular flexibility index (Phi) is 17.5. The number of nitrogens with zero attached hydrogens (tertiary/aromatic N) is 1. The third-order valence-electron chi connectivity index (χ3n) is 7.88. The molecule has 4 heteroatoms. The molecule has 0 unspecified atom stereocenters. The van der Waals surface area contributed by atoms with Crippen LogP contribution < -0.4 is 5.73 Å². The number of amides is 2. The first kappa shape index (κ1) is 33.3. The van der Waals surface area contributed by atoms with Crippen molar-refractivity contribution in [1.29, 1.82) is 0 Å². The van der Waals surface area contributed by atoms with Crippen molar-refractivity contribution in [3.05, 3.63) is 77.9 Å². The molecule has 0 fully saturated rings. The molecule has 220 valence electrons. The molecule has 0 bridgehead atoms. The molecule has 0 spiro atoms. The van der Waals surface area contributed by atoms with E-state index in [2.05, 4.69) is 13.5 Å². The first-order valence-corrected chi connectivity index (χ1v) is 15.9. The molecule has 2 rings (SSSR count). The van der Waals surface area contributed by atoms with Crippen LogP contribution >= 0.6 is 0 Å². The molecule has 1 atom stereocenters. The molecule has 0 radical (unpaired) electrons. The SMILES string of the molecule is C=Cc1ccc(C(=O)N(CCCCCCCCCCCCCCCCCC)[C@@H](Cc2ccccc2)C(N)=O)cc1. The van der Waals surface area contributed by atoms with E-state index in [9.17, 15) is 9.59 Å². The van der Waals surface area contributed by atoms with Crippen LogP contribution in [0.3, 0.4) is 0 Å². The molecule has 40 heavy (non-hydrogen) atoms. The van der Waals surface area contributed by atoms with Crippen molar-refractivity contribution in [2.75, 3.05) is 6.54 Å². The Hall–Kier alpha value is -2.88. The Morgan fingerprint density at radius 2 is 1.20 bits per heavy atom. The smallest absolute Gasteiger partial charge is 0.254 e. The summed E-state index contributed by atoms with van der Waals surface area (Å²) < 4.78 is 0. The summed E-state index contributed by atoms with van der Waals surface area (Å²) in [4.78, 5) is 27.8. The molecule has 2 amide bonds. The Morgan fingerprint density at radius 3 is 1.65 bits per heavy atom. The summed E-state index contributed by atoms with van der Waals surface area (Å²) in [6.07, 6.45) is 23.0. The Balaban J connectivity index is 1.75. The van der Waals surface area contributed by atoms with Crippen LogP contribution in [0.1, 0.15) is 131 Å². The number of nitrogens with two attached hydrogens (primary N) is 1. The first-order chi connectivity index (χ1) is 19.6. The number of primary amides is 1. The molecule has 0 aliphatic carbocycles. The van der Waals surface area contributed by atoms with E-state index in [4.69, 9.17) is 5.73 Å². The van der Waals surface area contributed by atoms with Gasteiger partial charge in [-0.25, -0.2) is 0 Å². The second-order valence-electron chi connectivity index (χ2n) is 11.2. The van der Waals surface area contributed by atoms with Crippen LogP contribution in [-0.4, -0.2) is 29.3 Å². The van der Waals surface area contributed by atoms with Gasteiger partial charge in [-0.3, -0.25) is 9.59 Å². The van der Waals surface area contributed by atoms with Crippen LogP contribution in [0.2, 0.25) is 0 Å². The second kappa shape index (κ2) is 20.9. The van der Waals surface area contributed by atoms with Crippen molar-refractivity contribution in [2.24, 2.45) is 5.73 Å². The van der Waals surface area contributed by atoms with Crippen molar-refractivity contribution >= 4 is 17.9 Å². The van der Waals surface area contributed by atoms with Gasteiger partial charge in [0.05, 0.1) is 0 Å². The molecule has 2 aromatic carbocycles. The van der Waals surface area contributed by atoms with Gasteiger partial charge in [0.25, 0.3) is 5.91 Å². The average molecular weight is 547 g/mol. The topological polar surface area (TPSA) is 63.4 Å². The van der Waals surface area contributed by atoms with Crippen molar-refractivity contribution in [3.63, 3.8) is 0 Å². The number of benzene rings is 2. The van der Waals surface area contributed by atoms with Crippen LogP contribution in [0.25, 0.3) is 6.08 Å². The quantitative estimate of drug-likeness (QED) is 0.141. The van der Waals surface area contributed by atoms with Crippen LogP contribution in [0.5, 0.6) is 0 Å². The molecule has 2 aromatic rings. The van der Waals surface area contributed by atoms with Crippen LogP contribution in [0.4, 0.5) is 0 Å². The fraction of sp³-hybridized carbons (Fsp3) is 0.556. The minimum Gasteiger partial charge on any atom is -0.368 e. The zero-order valence-corrected chi connectivity index (χ0v) is 25.1. The summed E-state index contributed by atoms with van der Waals surface area (Å²) in [6.45, 7) is 6.59. The zero-order chi connectivity index (χ0) is 28.8. The third kappa shape index (κ3) is 13.5. The molecule has 0 aromatic heterocycles. The van der Waals surface area contributed by atoms with Gasteiger partial charge in [-0.2, -0.15) is 0 Å². The summed E-state index contributed by atoms with van der Waals surface area (Å²) in [6, 6.07) is 16.5. The maximum Gasteiger partial charge on any atom is 0.254 e. The van der Waals surface area contributed by atoms with Gasteiger partial charge in [0.2, 0.25) is 5.91 Å². The van der Waals surface area contributed by atoms with E-state index in [0.717, 1.165) is 30.4 Å². The van der Waals surface area contributed by atoms with Gasteiger partial charge in [0, 0.05) is 18.5 Å². The Labute approximate surface area is 244 Å². The van der Waals surface area contributed by atoms with Crippen LogP contribution in [0, 0.1) is 0 Å². The van der Waals surface area contributed by atoms with Gasteiger partial charge in [0.1, 0.15) is 6.04 Å². The normalized spacial score (nSPS) is 11.7. The molecule has 0 heterocycles. The minimum atomic E-state index is -0.676. The Bertz CT molecular complexity index is 955. The van der Waals surface area contributed by atoms with Crippen molar-refractivity contribution in [2.45, 2.75) is 122 Å². The largest absolute Gasteiger partial charge is 0.368 e. The fourth-order valence-corrected chi connectivity index (χ4v) is 5.36. The van der Waals surface area contributed by atoms with E-state index in [0.29, 0.717) is 18.5 Å². The van der Waals surface area contributed by atoms with Gasteiger partial charge in [-0.15, -0.1) is 0 Å². The molecular formula is C36H54N2O2. The summed E-state index contributed by atoms with van der Waals surface area (Å²) in [5.41, 5.74) is 8.39. The van der Waals surface area contributed by atoms with Gasteiger partial charge < -0.3 is 10.6 Å². The first-order valence-electron chi connectivity index (χ1n) is 15.9.